The van der Waals surface area contributed by atoms with Crippen LogP contribution < -0.4 is 25.1 Å². The molecule has 2 amide bonds. The summed E-state index contributed by atoms with van der Waals surface area (Å²) >= 11 is 0. The van der Waals surface area contributed by atoms with Crippen LogP contribution in [0.5, 0.6) is 17.2 Å². The summed E-state index contributed by atoms with van der Waals surface area (Å²) in [6.07, 6.45) is 0. The first-order valence-electron chi connectivity index (χ1n) is 7.16. The van der Waals surface area contributed by atoms with Crippen molar-refractivity contribution in [2.24, 2.45) is 0 Å². The minimum atomic E-state index is -0.588. The van der Waals surface area contributed by atoms with Crippen LogP contribution in [0.1, 0.15) is 20.7 Å². The molecule has 0 radical (unpaired) electrons. The lowest BCUT2D eigenvalue weighted by molar-refractivity contribution is 0.0846. The third kappa shape index (κ3) is 4.17. The Bertz CT molecular complexity index is 752. The Morgan fingerprint density at radius 3 is 1.72 bits per heavy atom. The van der Waals surface area contributed by atoms with Crippen LogP contribution in [-0.2, 0) is 0 Å². The maximum atomic E-state index is 12.9. The fourth-order valence-electron chi connectivity index (χ4n) is 2.07. The van der Waals surface area contributed by atoms with E-state index in [1.807, 2.05) is 0 Å². The summed E-state index contributed by atoms with van der Waals surface area (Å²) in [4.78, 5) is 24.2. The van der Waals surface area contributed by atoms with Crippen molar-refractivity contribution in [3.8, 4) is 17.2 Å². The van der Waals surface area contributed by atoms with E-state index >= 15 is 0 Å². The largest absolute Gasteiger partial charge is 0.493 e. The maximum absolute atomic E-state index is 12.9. The highest BCUT2D eigenvalue weighted by atomic mass is 19.1. The molecule has 2 aromatic rings. The first-order valence-corrected chi connectivity index (χ1v) is 7.16. The van der Waals surface area contributed by atoms with Gasteiger partial charge in [-0.3, -0.25) is 20.4 Å². The minimum absolute atomic E-state index is 0.189. The lowest BCUT2D eigenvalue weighted by atomic mass is 10.1. The molecule has 0 aliphatic heterocycles. The standard InChI is InChI=1S/C17H17FN2O5/c1-23-13-8-11(9-14(24-2)15(13)25-3)17(22)20-19-16(21)10-4-6-12(18)7-5-10/h4-9H,1-3H3,(H,19,21)(H,20,22). The number of carbonyl (C=O) groups is 2. The van der Waals surface area contributed by atoms with Gasteiger partial charge < -0.3 is 14.2 Å². The monoisotopic (exact) mass is 348 g/mol. The van der Waals surface area contributed by atoms with Gasteiger partial charge in [0.15, 0.2) is 11.5 Å². The summed E-state index contributed by atoms with van der Waals surface area (Å²) in [6, 6.07) is 7.79. The van der Waals surface area contributed by atoms with Crippen molar-refractivity contribution in [3.05, 3.63) is 53.3 Å². The number of halogens is 1. The molecule has 2 N–H and O–H groups in total. The van der Waals surface area contributed by atoms with Crippen molar-refractivity contribution in [2.75, 3.05) is 21.3 Å². The van der Waals surface area contributed by atoms with Crippen LogP contribution in [0.25, 0.3) is 0 Å². The fraction of sp³-hybridized carbons (Fsp3) is 0.176. The number of nitrogens with one attached hydrogen (secondary N) is 2. The second-order valence-corrected chi connectivity index (χ2v) is 4.83. The Balaban J connectivity index is 2.12. The molecule has 0 unspecified atom stereocenters. The zero-order chi connectivity index (χ0) is 18.4. The fourth-order valence-corrected chi connectivity index (χ4v) is 2.07. The van der Waals surface area contributed by atoms with Crippen LogP contribution in [0.15, 0.2) is 36.4 Å². The van der Waals surface area contributed by atoms with Gasteiger partial charge in [0.05, 0.1) is 21.3 Å². The maximum Gasteiger partial charge on any atom is 0.269 e. The van der Waals surface area contributed by atoms with Crippen molar-refractivity contribution in [1.82, 2.24) is 10.9 Å². The molecule has 0 heterocycles. The average molecular weight is 348 g/mol. The van der Waals surface area contributed by atoms with E-state index in [1.165, 1.54) is 45.6 Å². The van der Waals surface area contributed by atoms with Crippen LogP contribution in [0.4, 0.5) is 4.39 Å². The molecule has 0 bridgehead atoms. The second-order valence-electron chi connectivity index (χ2n) is 4.83. The molecule has 0 saturated carbocycles. The molecule has 0 aromatic heterocycles. The van der Waals surface area contributed by atoms with Gasteiger partial charge in [-0.1, -0.05) is 0 Å². The molecule has 0 atom stereocenters. The Hall–Kier alpha value is -3.29. The average Bonchev–Trinajstić information content (AvgIpc) is 2.64. The number of ether oxygens (including phenoxy) is 3. The zero-order valence-electron chi connectivity index (χ0n) is 13.9. The summed E-state index contributed by atoms with van der Waals surface area (Å²) in [5, 5.41) is 0. The zero-order valence-corrected chi connectivity index (χ0v) is 13.9. The molecular formula is C17H17FN2O5. The van der Waals surface area contributed by atoms with Gasteiger partial charge >= 0.3 is 0 Å². The van der Waals surface area contributed by atoms with E-state index in [0.717, 1.165) is 12.1 Å². The number of methoxy groups -OCH3 is 3. The van der Waals surface area contributed by atoms with E-state index in [9.17, 15) is 14.0 Å². The molecule has 0 aliphatic rings. The summed E-state index contributed by atoms with van der Waals surface area (Å²) < 4.78 is 28.4. The number of carbonyl (C=O) groups excluding carboxylic acids is 2. The van der Waals surface area contributed by atoms with E-state index in [1.54, 1.807) is 0 Å². The van der Waals surface area contributed by atoms with Crippen LogP contribution in [-0.4, -0.2) is 33.1 Å². The Kier molecular flexibility index (Phi) is 5.78. The SMILES string of the molecule is COc1cc(C(=O)NNC(=O)c2ccc(F)cc2)cc(OC)c1OC. The summed E-state index contributed by atoms with van der Waals surface area (Å²) in [5.41, 5.74) is 4.90. The summed E-state index contributed by atoms with van der Waals surface area (Å²) in [5.74, 6) is -0.681. The lowest BCUT2D eigenvalue weighted by Gasteiger charge is -2.14. The highest BCUT2D eigenvalue weighted by molar-refractivity contribution is 5.99. The van der Waals surface area contributed by atoms with E-state index < -0.39 is 17.6 Å². The van der Waals surface area contributed by atoms with E-state index in [4.69, 9.17) is 14.2 Å². The van der Waals surface area contributed by atoms with Crippen molar-refractivity contribution in [2.45, 2.75) is 0 Å². The Morgan fingerprint density at radius 1 is 0.800 bits per heavy atom. The third-order valence-electron chi connectivity index (χ3n) is 3.32. The van der Waals surface area contributed by atoms with Crippen LogP contribution in [0.2, 0.25) is 0 Å². The van der Waals surface area contributed by atoms with Gasteiger partial charge in [0.2, 0.25) is 5.75 Å². The molecule has 7 nitrogen and oxygen atoms in total. The van der Waals surface area contributed by atoms with Gasteiger partial charge in [-0.05, 0) is 36.4 Å². The van der Waals surface area contributed by atoms with Gasteiger partial charge in [0.25, 0.3) is 11.8 Å². The number of benzene rings is 2. The number of amides is 2. The number of hydrogen-bond acceptors (Lipinski definition) is 5. The predicted molar refractivity (Wildman–Crippen MR) is 87.4 cm³/mol. The van der Waals surface area contributed by atoms with Gasteiger partial charge in [-0.25, -0.2) is 4.39 Å². The topological polar surface area (TPSA) is 85.9 Å². The first-order chi connectivity index (χ1) is 12.0. The molecule has 0 aliphatic carbocycles. The molecule has 8 heteroatoms. The highest BCUT2D eigenvalue weighted by Gasteiger charge is 2.17. The quantitative estimate of drug-likeness (QED) is 0.807. The smallest absolute Gasteiger partial charge is 0.269 e. The number of hydrogen-bond donors (Lipinski definition) is 2. The molecule has 0 saturated heterocycles. The van der Waals surface area contributed by atoms with Crippen molar-refractivity contribution >= 4 is 11.8 Å². The van der Waals surface area contributed by atoms with E-state index in [0.29, 0.717) is 17.2 Å². The predicted octanol–water partition coefficient (Wildman–Crippen LogP) is 1.93. The second kappa shape index (κ2) is 8.00. The van der Waals surface area contributed by atoms with Crippen LogP contribution in [0, 0.1) is 5.82 Å². The summed E-state index contributed by atoms with van der Waals surface area (Å²) in [7, 11) is 4.30. The Labute approximate surface area is 143 Å². The van der Waals surface area contributed by atoms with Gasteiger partial charge in [-0.15, -0.1) is 0 Å². The van der Waals surface area contributed by atoms with E-state index in [2.05, 4.69) is 10.9 Å². The Morgan fingerprint density at radius 2 is 1.28 bits per heavy atom. The minimum Gasteiger partial charge on any atom is -0.493 e. The molecule has 2 rings (SSSR count). The highest BCUT2D eigenvalue weighted by Crippen LogP contribution is 2.38. The number of rotatable bonds is 5. The van der Waals surface area contributed by atoms with Crippen LogP contribution >= 0.6 is 0 Å². The summed E-state index contributed by atoms with van der Waals surface area (Å²) in [6.45, 7) is 0. The molecule has 0 spiro atoms. The number of hydrazine groups is 1. The van der Waals surface area contributed by atoms with Crippen molar-refractivity contribution < 1.29 is 28.2 Å². The molecule has 0 fully saturated rings. The molecule has 25 heavy (non-hydrogen) atoms. The molecule has 2 aromatic carbocycles. The first kappa shape index (κ1) is 18.1. The van der Waals surface area contributed by atoms with Gasteiger partial charge in [-0.2, -0.15) is 0 Å². The van der Waals surface area contributed by atoms with Crippen molar-refractivity contribution in [1.29, 1.82) is 0 Å². The van der Waals surface area contributed by atoms with E-state index in [-0.39, 0.29) is 11.1 Å². The van der Waals surface area contributed by atoms with Crippen LogP contribution in [0.3, 0.4) is 0 Å². The third-order valence-corrected chi connectivity index (χ3v) is 3.32. The van der Waals surface area contributed by atoms with Crippen molar-refractivity contribution in [3.63, 3.8) is 0 Å². The molecule has 132 valence electrons. The lowest BCUT2D eigenvalue weighted by Crippen LogP contribution is -2.41. The normalized spacial score (nSPS) is 9.92. The van der Waals surface area contributed by atoms with Gasteiger partial charge in [0, 0.05) is 11.1 Å². The van der Waals surface area contributed by atoms with Gasteiger partial charge in [0.1, 0.15) is 5.82 Å². The molecular weight excluding hydrogens is 331 g/mol.